The van der Waals surface area contributed by atoms with E-state index in [1.165, 1.54) is 0 Å². The predicted octanol–water partition coefficient (Wildman–Crippen LogP) is 2.79. The highest BCUT2D eigenvalue weighted by atomic mass is 16.7. The lowest BCUT2D eigenvalue weighted by molar-refractivity contribution is -0.0596. The van der Waals surface area contributed by atoms with Gasteiger partial charge in [-0.1, -0.05) is 36.4 Å². The maximum Gasteiger partial charge on any atom is 0.203 e. The third-order valence-corrected chi connectivity index (χ3v) is 4.10. The van der Waals surface area contributed by atoms with Gasteiger partial charge >= 0.3 is 0 Å². The summed E-state index contributed by atoms with van der Waals surface area (Å²) in [6, 6.07) is 15.5. The van der Waals surface area contributed by atoms with Crippen molar-refractivity contribution < 1.29 is 23.7 Å². The fourth-order valence-electron chi connectivity index (χ4n) is 2.79. The van der Waals surface area contributed by atoms with Gasteiger partial charge in [0.1, 0.15) is 6.61 Å². The molecule has 0 amide bonds. The maximum absolute atomic E-state index is 5.92. The van der Waals surface area contributed by atoms with Crippen LogP contribution < -0.4 is 19.5 Å². The third kappa shape index (κ3) is 4.66. The van der Waals surface area contributed by atoms with Gasteiger partial charge in [-0.2, -0.15) is 0 Å². The topological polar surface area (TPSA) is 58.2 Å². The van der Waals surface area contributed by atoms with E-state index >= 15 is 0 Å². The molecule has 1 aliphatic heterocycles. The molecule has 2 aromatic rings. The number of ether oxygens (including phenoxy) is 5. The molecule has 6 nitrogen and oxygen atoms in total. The molecule has 1 N–H and O–H groups in total. The summed E-state index contributed by atoms with van der Waals surface area (Å²) in [4.78, 5) is 0. The number of rotatable bonds is 9. The van der Waals surface area contributed by atoms with Gasteiger partial charge in [0.2, 0.25) is 5.75 Å². The van der Waals surface area contributed by atoms with Gasteiger partial charge in [-0.15, -0.1) is 0 Å². The van der Waals surface area contributed by atoms with E-state index in [1.54, 1.807) is 14.2 Å². The van der Waals surface area contributed by atoms with Crippen molar-refractivity contribution in [1.82, 2.24) is 5.32 Å². The molecule has 140 valence electrons. The Bertz CT molecular complexity index is 657. The molecule has 1 fully saturated rings. The molecule has 1 saturated heterocycles. The highest BCUT2D eigenvalue weighted by Crippen LogP contribution is 2.36. The monoisotopic (exact) mass is 359 g/mol. The standard InChI is InChI=1S/C20H25NO5/c1-22-17-9-6-10-18(23-2)19(17)24-12-11-21-13-16-14-25-20(26-16)15-7-4-3-5-8-15/h3-10,16,20-21H,11-14H2,1-2H3/t16?,20-/m0/s1. The first-order chi connectivity index (χ1) is 12.8. The molecular formula is C20H25NO5. The number of nitrogens with one attached hydrogen (secondary N) is 1. The Hall–Kier alpha value is -2.28. The Kier molecular flexibility index (Phi) is 6.71. The van der Waals surface area contributed by atoms with Crippen molar-refractivity contribution in [3.8, 4) is 17.2 Å². The van der Waals surface area contributed by atoms with Crippen LogP contribution in [0.1, 0.15) is 11.9 Å². The van der Waals surface area contributed by atoms with Crippen molar-refractivity contribution in [2.75, 3.05) is 40.5 Å². The second-order valence-electron chi connectivity index (χ2n) is 5.88. The van der Waals surface area contributed by atoms with Crippen LogP contribution in [0.4, 0.5) is 0 Å². The van der Waals surface area contributed by atoms with E-state index in [1.807, 2.05) is 48.5 Å². The van der Waals surface area contributed by atoms with Gasteiger partial charge in [0, 0.05) is 18.7 Å². The molecular weight excluding hydrogens is 334 g/mol. The van der Waals surface area contributed by atoms with E-state index in [-0.39, 0.29) is 12.4 Å². The van der Waals surface area contributed by atoms with Crippen LogP contribution in [0.25, 0.3) is 0 Å². The zero-order valence-electron chi connectivity index (χ0n) is 15.1. The molecule has 2 atom stereocenters. The van der Waals surface area contributed by atoms with Crippen LogP contribution >= 0.6 is 0 Å². The Morgan fingerprint density at radius 3 is 2.42 bits per heavy atom. The predicted molar refractivity (Wildman–Crippen MR) is 97.9 cm³/mol. The quantitative estimate of drug-likeness (QED) is 0.695. The summed E-state index contributed by atoms with van der Waals surface area (Å²) >= 11 is 0. The summed E-state index contributed by atoms with van der Waals surface area (Å²) in [6.07, 6.45) is -0.252. The van der Waals surface area contributed by atoms with E-state index in [9.17, 15) is 0 Å². The fourth-order valence-corrected chi connectivity index (χ4v) is 2.79. The molecule has 0 bridgehead atoms. The molecule has 0 radical (unpaired) electrons. The highest BCUT2D eigenvalue weighted by Gasteiger charge is 2.26. The smallest absolute Gasteiger partial charge is 0.203 e. The summed E-state index contributed by atoms with van der Waals surface area (Å²) < 4.78 is 28.1. The first-order valence-electron chi connectivity index (χ1n) is 8.68. The molecule has 1 heterocycles. The largest absolute Gasteiger partial charge is 0.493 e. The van der Waals surface area contributed by atoms with Crippen LogP contribution in [0.15, 0.2) is 48.5 Å². The first kappa shape index (κ1) is 18.5. The zero-order valence-corrected chi connectivity index (χ0v) is 15.1. The van der Waals surface area contributed by atoms with Crippen molar-refractivity contribution in [1.29, 1.82) is 0 Å². The molecule has 2 aromatic carbocycles. The molecule has 26 heavy (non-hydrogen) atoms. The van der Waals surface area contributed by atoms with E-state index in [2.05, 4.69) is 5.32 Å². The van der Waals surface area contributed by atoms with Gasteiger partial charge in [0.25, 0.3) is 0 Å². The number of para-hydroxylation sites is 1. The Morgan fingerprint density at radius 2 is 1.73 bits per heavy atom. The molecule has 6 heteroatoms. The minimum Gasteiger partial charge on any atom is -0.493 e. The lowest BCUT2D eigenvalue weighted by Gasteiger charge is -2.15. The molecule has 0 aliphatic carbocycles. The lowest BCUT2D eigenvalue weighted by atomic mass is 10.2. The molecule has 0 spiro atoms. The van der Waals surface area contributed by atoms with Gasteiger partial charge < -0.3 is 29.0 Å². The number of benzene rings is 2. The van der Waals surface area contributed by atoms with Crippen LogP contribution in [-0.4, -0.2) is 46.6 Å². The Balaban J connectivity index is 1.39. The summed E-state index contributed by atoms with van der Waals surface area (Å²) in [5.74, 6) is 1.93. The number of hydrogen-bond donors (Lipinski definition) is 1. The maximum atomic E-state index is 5.92. The minimum absolute atomic E-state index is 0.0287. The van der Waals surface area contributed by atoms with Crippen LogP contribution in [-0.2, 0) is 9.47 Å². The first-order valence-corrected chi connectivity index (χ1v) is 8.68. The van der Waals surface area contributed by atoms with Crippen molar-refractivity contribution in [3.05, 3.63) is 54.1 Å². The summed E-state index contributed by atoms with van der Waals surface area (Å²) in [7, 11) is 3.22. The Morgan fingerprint density at radius 1 is 1.00 bits per heavy atom. The van der Waals surface area contributed by atoms with Crippen LogP contribution in [0.3, 0.4) is 0 Å². The summed E-state index contributed by atoms with van der Waals surface area (Å²) in [6.45, 7) is 2.45. The van der Waals surface area contributed by atoms with Crippen molar-refractivity contribution in [3.63, 3.8) is 0 Å². The van der Waals surface area contributed by atoms with Gasteiger partial charge in [0.15, 0.2) is 17.8 Å². The minimum atomic E-state index is -0.280. The fraction of sp³-hybridized carbons (Fsp3) is 0.400. The highest BCUT2D eigenvalue weighted by molar-refractivity contribution is 5.51. The Labute approximate surface area is 154 Å². The summed E-state index contributed by atoms with van der Waals surface area (Å²) in [5.41, 5.74) is 1.04. The average molecular weight is 359 g/mol. The van der Waals surface area contributed by atoms with Crippen molar-refractivity contribution >= 4 is 0 Å². The second-order valence-corrected chi connectivity index (χ2v) is 5.88. The van der Waals surface area contributed by atoms with Gasteiger partial charge in [-0.25, -0.2) is 0 Å². The number of hydrogen-bond acceptors (Lipinski definition) is 6. The lowest BCUT2D eigenvalue weighted by Crippen LogP contribution is -2.31. The second kappa shape index (κ2) is 9.43. The van der Waals surface area contributed by atoms with E-state index in [0.29, 0.717) is 43.6 Å². The molecule has 0 saturated carbocycles. The van der Waals surface area contributed by atoms with Gasteiger partial charge in [0.05, 0.1) is 26.9 Å². The van der Waals surface area contributed by atoms with Gasteiger partial charge in [-0.05, 0) is 12.1 Å². The van der Waals surface area contributed by atoms with Gasteiger partial charge in [-0.3, -0.25) is 0 Å². The average Bonchev–Trinajstić information content (AvgIpc) is 3.17. The van der Waals surface area contributed by atoms with Crippen molar-refractivity contribution in [2.24, 2.45) is 0 Å². The van der Waals surface area contributed by atoms with E-state index in [4.69, 9.17) is 23.7 Å². The molecule has 1 aliphatic rings. The third-order valence-electron chi connectivity index (χ3n) is 4.10. The zero-order chi connectivity index (χ0) is 18.2. The van der Waals surface area contributed by atoms with Crippen LogP contribution in [0.2, 0.25) is 0 Å². The van der Waals surface area contributed by atoms with Crippen molar-refractivity contribution in [2.45, 2.75) is 12.4 Å². The van der Waals surface area contributed by atoms with E-state index < -0.39 is 0 Å². The molecule has 1 unspecified atom stereocenters. The SMILES string of the molecule is COc1cccc(OC)c1OCCNCC1CO[C@H](c2ccccc2)O1. The molecule has 0 aromatic heterocycles. The van der Waals surface area contributed by atoms with Crippen LogP contribution in [0, 0.1) is 0 Å². The van der Waals surface area contributed by atoms with Crippen LogP contribution in [0.5, 0.6) is 17.2 Å². The van der Waals surface area contributed by atoms with E-state index in [0.717, 1.165) is 5.56 Å². The number of methoxy groups -OCH3 is 2. The molecule has 3 rings (SSSR count). The normalized spacial score (nSPS) is 19.3. The summed E-state index contributed by atoms with van der Waals surface area (Å²) in [5, 5.41) is 3.33.